The molecule has 1 aromatic rings. The van der Waals surface area contributed by atoms with Crippen LogP contribution in [-0.4, -0.2) is 0 Å². The van der Waals surface area contributed by atoms with Crippen LogP contribution in [0.15, 0.2) is 28.7 Å². The van der Waals surface area contributed by atoms with E-state index < -0.39 is 0 Å². The van der Waals surface area contributed by atoms with E-state index in [0.29, 0.717) is 0 Å². The molecule has 0 aliphatic carbocycles. The predicted octanol–water partition coefficient (Wildman–Crippen LogP) is 3.22. The number of rotatable bonds is 2. The molecule has 1 heteroatoms. The maximum absolute atomic E-state index is 3.80. The lowest BCUT2D eigenvalue weighted by molar-refractivity contribution is 0.998. The standard InChI is InChI=1S/C9H10Br/c1-2-4-8-5-3-6-9(10)7-8/h3,5-7H,1-2,4H2. The zero-order valence-corrected chi connectivity index (χ0v) is 7.39. The van der Waals surface area contributed by atoms with E-state index in [2.05, 4.69) is 41.1 Å². The minimum absolute atomic E-state index is 0.969. The van der Waals surface area contributed by atoms with Crippen LogP contribution >= 0.6 is 15.9 Å². The first-order valence-electron chi connectivity index (χ1n) is 3.36. The molecule has 1 radical (unpaired) electrons. The Morgan fingerprint density at radius 3 is 2.80 bits per heavy atom. The van der Waals surface area contributed by atoms with Crippen molar-refractivity contribution < 1.29 is 0 Å². The van der Waals surface area contributed by atoms with E-state index in [-0.39, 0.29) is 0 Å². The molecule has 53 valence electrons. The third kappa shape index (κ3) is 2.14. The van der Waals surface area contributed by atoms with Gasteiger partial charge in [-0.05, 0) is 30.5 Å². The topological polar surface area (TPSA) is 0 Å². The highest BCUT2D eigenvalue weighted by Crippen LogP contribution is 2.12. The molecule has 0 nitrogen and oxygen atoms in total. The van der Waals surface area contributed by atoms with Gasteiger partial charge in [-0.2, -0.15) is 0 Å². The van der Waals surface area contributed by atoms with Gasteiger partial charge in [0.1, 0.15) is 0 Å². The molecular weight excluding hydrogens is 188 g/mol. The van der Waals surface area contributed by atoms with Gasteiger partial charge in [-0.3, -0.25) is 0 Å². The van der Waals surface area contributed by atoms with Crippen molar-refractivity contribution in [3.8, 4) is 0 Å². The third-order valence-electron chi connectivity index (χ3n) is 1.35. The maximum Gasteiger partial charge on any atom is 0.0177 e. The number of aryl methyl sites for hydroxylation is 1. The van der Waals surface area contributed by atoms with Crippen LogP contribution in [0.4, 0.5) is 0 Å². The summed E-state index contributed by atoms with van der Waals surface area (Å²) in [6.45, 7) is 3.80. The summed E-state index contributed by atoms with van der Waals surface area (Å²) in [5, 5.41) is 0. The van der Waals surface area contributed by atoms with Gasteiger partial charge in [0.2, 0.25) is 0 Å². The van der Waals surface area contributed by atoms with Gasteiger partial charge < -0.3 is 0 Å². The van der Waals surface area contributed by atoms with Crippen molar-refractivity contribution in [2.75, 3.05) is 0 Å². The highest BCUT2D eigenvalue weighted by atomic mass is 79.9. The van der Waals surface area contributed by atoms with E-state index >= 15 is 0 Å². The Kier molecular flexibility index (Phi) is 2.94. The van der Waals surface area contributed by atoms with Crippen LogP contribution in [0.1, 0.15) is 12.0 Å². The first-order chi connectivity index (χ1) is 4.83. The van der Waals surface area contributed by atoms with Crippen LogP contribution in [0.25, 0.3) is 0 Å². The number of hydrogen-bond acceptors (Lipinski definition) is 0. The van der Waals surface area contributed by atoms with Crippen molar-refractivity contribution in [3.63, 3.8) is 0 Å². The maximum atomic E-state index is 3.80. The number of hydrogen-bond donors (Lipinski definition) is 0. The minimum atomic E-state index is 0.969. The Morgan fingerprint density at radius 2 is 2.20 bits per heavy atom. The molecule has 0 unspecified atom stereocenters. The van der Waals surface area contributed by atoms with Gasteiger partial charge in [-0.25, -0.2) is 0 Å². The normalized spacial score (nSPS) is 9.80. The average molecular weight is 198 g/mol. The number of halogens is 1. The quantitative estimate of drug-likeness (QED) is 0.684. The molecule has 0 heterocycles. The zero-order chi connectivity index (χ0) is 7.40. The van der Waals surface area contributed by atoms with E-state index in [9.17, 15) is 0 Å². The van der Waals surface area contributed by atoms with Gasteiger partial charge in [0.05, 0.1) is 0 Å². The second-order valence-electron chi connectivity index (χ2n) is 2.23. The van der Waals surface area contributed by atoms with Crippen LogP contribution in [0.3, 0.4) is 0 Å². The molecule has 0 bridgehead atoms. The lowest BCUT2D eigenvalue weighted by Gasteiger charge is -1.96. The lowest BCUT2D eigenvalue weighted by Crippen LogP contribution is -1.80. The molecule has 0 spiro atoms. The van der Waals surface area contributed by atoms with E-state index in [0.717, 1.165) is 17.3 Å². The van der Waals surface area contributed by atoms with Crippen molar-refractivity contribution in [1.82, 2.24) is 0 Å². The summed E-state index contributed by atoms with van der Waals surface area (Å²) in [6.07, 6.45) is 2.04. The van der Waals surface area contributed by atoms with Gasteiger partial charge in [-0.1, -0.05) is 35.0 Å². The van der Waals surface area contributed by atoms with Crippen LogP contribution in [-0.2, 0) is 6.42 Å². The Bertz CT molecular complexity index is 206. The molecule has 1 rings (SSSR count). The van der Waals surface area contributed by atoms with Crippen molar-refractivity contribution in [2.45, 2.75) is 12.8 Å². The molecule has 0 fully saturated rings. The zero-order valence-electron chi connectivity index (χ0n) is 5.81. The molecule has 0 atom stereocenters. The van der Waals surface area contributed by atoms with Gasteiger partial charge in [-0.15, -0.1) is 0 Å². The first kappa shape index (κ1) is 7.80. The molecule has 10 heavy (non-hydrogen) atoms. The predicted molar refractivity (Wildman–Crippen MR) is 47.8 cm³/mol. The molecule has 0 N–H and O–H groups in total. The summed E-state index contributed by atoms with van der Waals surface area (Å²) < 4.78 is 1.15. The summed E-state index contributed by atoms with van der Waals surface area (Å²) in [5.41, 5.74) is 1.35. The van der Waals surface area contributed by atoms with E-state index in [1.54, 1.807) is 0 Å². The van der Waals surface area contributed by atoms with Crippen LogP contribution < -0.4 is 0 Å². The largest absolute Gasteiger partial charge is 0.0609 e. The summed E-state index contributed by atoms with van der Waals surface area (Å²) in [5.74, 6) is 0. The summed E-state index contributed by atoms with van der Waals surface area (Å²) >= 11 is 3.41. The van der Waals surface area contributed by atoms with Crippen molar-refractivity contribution >= 4 is 15.9 Å². The molecule has 1 aromatic carbocycles. The van der Waals surface area contributed by atoms with E-state index in [4.69, 9.17) is 0 Å². The fourth-order valence-corrected chi connectivity index (χ4v) is 1.34. The van der Waals surface area contributed by atoms with Crippen LogP contribution in [0, 0.1) is 6.92 Å². The Morgan fingerprint density at radius 1 is 1.40 bits per heavy atom. The fourth-order valence-electron chi connectivity index (χ4n) is 0.897. The Balaban J connectivity index is 2.75. The minimum Gasteiger partial charge on any atom is -0.0609 e. The first-order valence-corrected chi connectivity index (χ1v) is 4.16. The smallest absolute Gasteiger partial charge is 0.0177 e. The summed E-state index contributed by atoms with van der Waals surface area (Å²) in [4.78, 5) is 0. The Labute approximate surface area is 70.4 Å². The van der Waals surface area contributed by atoms with Crippen molar-refractivity contribution in [2.24, 2.45) is 0 Å². The fraction of sp³-hybridized carbons (Fsp3) is 0.222. The third-order valence-corrected chi connectivity index (χ3v) is 1.85. The molecule has 0 saturated carbocycles. The molecule has 0 aliphatic rings. The van der Waals surface area contributed by atoms with Gasteiger partial charge in [0, 0.05) is 4.47 Å². The average Bonchev–Trinajstić information content (AvgIpc) is 1.88. The lowest BCUT2D eigenvalue weighted by atomic mass is 10.1. The highest BCUT2D eigenvalue weighted by Gasteiger charge is 1.90. The molecule has 0 amide bonds. The molecular formula is C9H10Br. The Hall–Kier alpha value is -0.300. The van der Waals surface area contributed by atoms with Crippen molar-refractivity contribution in [3.05, 3.63) is 41.2 Å². The second kappa shape index (κ2) is 3.77. The van der Waals surface area contributed by atoms with E-state index in [1.807, 2.05) is 6.07 Å². The van der Waals surface area contributed by atoms with Gasteiger partial charge in [0.15, 0.2) is 0 Å². The van der Waals surface area contributed by atoms with Gasteiger partial charge in [0.25, 0.3) is 0 Å². The molecule has 0 aromatic heterocycles. The van der Waals surface area contributed by atoms with Crippen LogP contribution in [0.5, 0.6) is 0 Å². The van der Waals surface area contributed by atoms with E-state index in [1.165, 1.54) is 5.56 Å². The summed E-state index contributed by atoms with van der Waals surface area (Å²) in [6, 6.07) is 8.34. The highest BCUT2D eigenvalue weighted by molar-refractivity contribution is 9.10. The molecule has 0 aliphatic heterocycles. The number of benzene rings is 1. The monoisotopic (exact) mass is 197 g/mol. The summed E-state index contributed by atoms with van der Waals surface area (Å²) in [7, 11) is 0. The SMILES string of the molecule is [CH2]CCc1cccc(Br)c1. The van der Waals surface area contributed by atoms with Crippen molar-refractivity contribution in [1.29, 1.82) is 0 Å². The molecule has 0 saturated heterocycles. The second-order valence-corrected chi connectivity index (χ2v) is 3.15. The van der Waals surface area contributed by atoms with Gasteiger partial charge >= 0.3 is 0 Å². The van der Waals surface area contributed by atoms with Crippen LogP contribution in [0.2, 0.25) is 0 Å².